The molecule has 0 spiro atoms. The molecule has 19 heavy (non-hydrogen) atoms. The molecule has 108 valence electrons. The van der Waals surface area contributed by atoms with Crippen LogP contribution < -0.4 is 11.1 Å². The van der Waals surface area contributed by atoms with Crippen molar-refractivity contribution in [2.24, 2.45) is 5.73 Å². The van der Waals surface area contributed by atoms with Gasteiger partial charge in [0.05, 0.1) is 16.2 Å². The Kier molecular flexibility index (Phi) is 5.28. The fraction of sp³-hybridized carbons (Fsp3) is 0.786. The SMILES string of the molecule is CCCCC(CC)c1nn2c(c1Br)NCCC2CN. The number of unbranched alkanes of at least 4 members (excludes halogenated alkanes) is 1. The molecule has 5 heteroatoms. The number of anilines is 1. The largest absolute Gasteiger partial charge is 0.369 e. The zero-order valence-electron chi connectivity index (χ0n) is 12.0. The Morgan fingerprint density at radius 1 is 1.53 bits per heavy atom. The molecule has 1 aromatic heterocycles. The molecule has 1 aromatic rings. The predicted molar refractivity (Wildman–Crippen MR) is 83.7 cm³/mol. The molecule has 0 amide bonds. The molecule has 0 radical (unpaired) electrons. The fourth-order valence-corrected chi connectivity index (χ4v) is 3.52. The summed E-state index contributed by atoms with van der Waals surface area (Å²) in [7, 11) is 0. The summed E-state index contributed by atoms with van der Waals surface area (Å²) in [5.41, 5.74) is 7.07. The summed E-state index contributed by atoms with van der Waals surface area (Å²) in [4.78, 5) is 0. The van der Waals surface area contributed by atoms with Gasteiger partial charge < -0.3 is 11.1 Å². The van der Waals surface area contributed by atoms with Gasteiger partial charge in [0, 0.05) is 19.0 Å². The fourth-order valence-electron chi connectivity index (χ4n) is 2.80. The van der Waals surface area contributed by atoms with E-state index in [1.165, 1.54) is 25.0 Å². The van der Waals surface area contributed by atoms with Gasteiger partial charge in [0.1, 0.15) is 5.82 Å². The lowest BCUT2D eigenvalue weighted by atomic mass is 9.96. The molecule has 1 aliphatic rings. The van der Waals surface area contributed by atoms with E-state index in [0.717, 1.165) is 29.7 Å². The second-order valence-corrected chi connectivity index (χ2v) is 6.14. The second-order valence-electron chi connectivity index (χ2n) is 5.34. The Bertz CT molecular complexity index is 416. The Hall–Kier alpha value is -0.550. The van der Waals surface area contributed by atoms with Gasteiger partial charge in [-0.05, 0) is 35.2 Å². The number of nitrogens with one attached hydrogen (secondary N) is 1. The Morgan fingerprint density at radius 3 is 2.95 bits per heavy atom. The Balaban J connectivity index is 2.28. The van der Waals surface area contributed by atoms with Crippen LogP contribution in [0, 0.1) is 0 Å². The van der Waals surface area contributed by atoms with Crippen LogP contribution in [-0.4, -0.2) is 22.9 Å². The monoisotopic (exact) mass is 328 g/mol. The third-order valence-electron chi connectivity index (χ3n) is 4.05. The van der Waals surface area contributed by atoms with Crippen LogP contribution in [-0.2, 0) is 0 Å². The van der Waals surface area contributed by atoms with Gasteiger partial charge >= 0.3 is 0 Å². The summed E-state index contributed by atoms with van der Waals surface area (Å²) in [6, 6.07) is 0.338. The quantitative estimate of drug-likeness (QED) is 0.838. The lowest BCUT2D eigenvalue weighted by molar-refractivity contribution is 0.419. The number of aromatic nitrogens is 2. The van der Waals surface area contributed by atoms with Gasteiger partial charge in [-0.25, -0.2) is 4.68 Å². The number of hydrogen-bond donors (Lipinski definition) is 2. The minimum Gasteiger partial charge on any atom is -0.369 e. The van der Waals surface area contributed by atoms with E-state index in [1.807, 2.05) is 0 Å². The number of rotatable bonds is 6. The van der Waals surface area contributed by atoms with Gasteiger partial charge in [-0.3, -0.25) is 0 Å². The molecule has 0 aromatic carbocycles. The van der Waals surface area contributed by atoms with E-state index in [9.17, 15) is 0 Å². The second kappa shape index (κ2) is 6.75. The van der Waals surface area contributed by atoms with Crippen LogP contribution in [0.2, 0.25) is 0 Å². The molecule has 0 saturated carbocycles. The van der Waals surface area contributed by atoms with Crippen LogP contribution in [0.15, 0.2) is 4.47 Å². The number of fused-ring (bicyclic) bond motifs is 1. The van der Waals surface area contributed by atoms with E-state index in [1.54, 1.807) is 0 Å². The first kappa shape index (κ1) is 14.9. The normalized spacial score (nSPS) is 19.9. The zero-order valence-corrected chi connectivity index (χ0v) is 13.5. The van der Waals surface area contributed by atoms with Crippen molar-refractivity contribution in [1.82, 2.24) is 9.78 Å². The molecule has 1 aliphatic heterocycles. The maximum absolute atomic E-state index is 5.86. The van der Waals surface area contributed by atoms with Crippen molar-refractivity contribution in [3.8, 4) is 0 Å². The number of hydrogen-bond acceptors (Lipinski definition) is 3. The highest BCUT2D eigenvalue weighted by molar-refractivity contribution is 9.10. The van der Waals surface area contributed by atoms with E-state index in [2.05, 4.69) is 39.8 Å². The molecule has 0 bridgehead atoms. The van der Waals surface area contributed by atoms with Gasteiger partial charge in [-0.1, -0.05) is 26.7 Å². The summed E-state index contributed by atoms with van der Waals surface area (Å²) in [5, 5.41) is 8.30. The summed E-state index contributed by atoms with van der Waals surface area (Å²) in [6.07, 6.45) is 5.92. The zero-order chi connectivity index (χ0) is 13.8. The first-order chi connectivity index (χ1) is 9.22. The van der Waals surface area contributed by atoms with Crippen molar-refractivity contribution >= 4 is 21.7 Å². The molecule has 2 atom stereocenters. The molecule has 2 unspecified atom stereocenters. The van der Waals surface area contributed by atoms with Gasteiger partial charge in [-0.15, -0.1) is 0 Å². The molecule has 2 heterocycles. The standard InChI is InChI=1S/C14H25BrN4/c1-3-5-6-10(4-2)13-12(15)14-17-8-7-11(9-16)19(14)18-13/h10-11,17H,3-9,16H2,1-2H3. The maximum Gasteiger partial charge on any atom is 0.139 e. The van der Waals surface area contributed by atoms with Crippen LogP contribution in [0.5, 0.6) is 0 Å². The predicted octanol–water partition coefficient (Wildman–Crippen LogP) is 3.64. The third-order valence-corrected chi connectivity index (χ3v) is 4.83. The van der Waals surface area contributed by atoms with Gasteiger partial charge in [0.2, 0.25) is 0 Å². The molecule has 0 fully saturated rings. The van der Waals surface area contributed by atoms with E-state index < -0.39 is 0 Å². The number of halogens is 1. The highest BCUT2D eigenvalue weighted by Crippen LogP contribution is 2.38. The van der Waals surface area contributed by atoms with Crippen LogP contribution in [0.3, 0.4) is 0 Å². The molecule has 2 rings (SSSR count). The average Bonchev–Trinajstić information content (AvgIpc) is 2.77. The van der Waals surface area contributed by atoms with Gasteiger partial charge in [0.25, 0.3) is 0 Å². The summed E-state index contributed by atoms with van der Waals surface area (Å²) >= 11 is 3.74. The van der Waals surface area contributed by atoms with Crippen molar-refractivity contribution in [3.05, 3.63) is 10.2 Å². The molecule has 0 saturated heterocycles. The van der Waals surface area contributed by atoms with E-state index in [-0.39, 0.29) is 0 Å². The molecular weight excluding hydrogens is 304 g/mol. The maximum atomic E-state index is 5.86. The van der Waals surface area contributed by atoms with E-state index in [4.69, 9.17) is 10.8 Å². The van der Waals surface area contributed by atoms with Crippen molar-refractivity contribution in [2.75, 3.05) is 18.4 Å². The summed E-state index contributed by atoms with van der Waals surface area (Å²) in [5.74, 6) is 1.67. The third kappa shape index (κ3) is 2.97. The molecule has 3 N–H and O–H groups in total. The van der Waals surface area contributed by atoms with Crippen LogP contribution in [0.25, 0.3) is 0 Å². The summed E-state index contributed by atoms with van der Waals surface area (Å²) < 4.78 is 3.24. The lowest BCUT2D eigenvalue weighted by Gasteiger charge is -2.24. The minimum absolute atomic E-state index is 0.338. The van der Waals surface area contributed by atoms with Crippen molar-refractivity contribution in [1.29, 1.82) is 0 Å². The van der Waals surface area contributed by atoms with Crippen molar-refractivity contribution in [3.63, 3.8) is 0 Å². The van der Waals surface area contributed by atoms with E-state index in [0.29, 0.717) is 18.5 Å². The van der Waals surface area contributed by atoms with E-state index >= 15 is 0 Å². The number of nitrogens with zero attached hydrogens (tertiary/aromatic N) is 2. The highest BCUT2D eigenvalue weighted by Gasteiger charge is 2.27. The first-order valence-corrected chi connectivity index (χ1v) is 8.24. The molecule has 0 aliphatic carbocycles. The summed E-state index contributed by atoms with van der Waals surface area (Å²) in [6.45, 7) is 6.14. The van der Waals surface area contributed by atoms with Crippen LogP contribution in [0.1, 0.15) is 63.6 Å². The highest BCUT2D eigenvalue weighted by atomic mass is 79.9. The Labute approximate surface area is 124 Å². The van der Waals surface area contributed by atoms with Crippen molar-refractivity contribution < 1.29 is 0 Å². The van der Waals surface area contributed by atoms with Gasteiger partial charge in [-0.2, -0.15) is 5.10 Å². The minimum atomic E-state index is 0.338. The first-order valence-electron chi connectivity index (χ1n) is 7.44. The average molecular weight is 329 g/mol. The molecular formula is C14H25BrN4. The number of nitrogens with two attached hydrogens (primary N) is 1. The topological polar surface area (TPSA) is 55.9 Å². The lowest BCUT2D eigenvalue weighted by Crippen LogP contribution is -2.28. The van der Waals surface area contributed by atoms with Crippen molar-refractivity contribution in [2.45, 2.75) is 57.9 Å². The van der Waals surface area contributed by atoms with Crippen LogP contribution >= 0.6 is 15.9 Å². The smallest absolute Gasteiger partial charge is 0.139 e. The van der Waals surface area contributed by atoms with Crippen LogP contribution in [0.4, 0.5) is 5.82 Å². The van der Waals surface area contributed by atoms with Gasteiger partial charge in [0.15, 0.2) is 0 Å². The Morgan fingerprint density at radius 2 is 2.32 bits per heavy atom. The molecule has 4 nitrogen and oxygen atoms in total.